The molecule has 0 amide bonds. The SMILES string of the molecule is CC(C)(C)N(CCC(=O)O)Cc1cccc2cccnc12. The lowest BCUT2D eigenvalue weighted by molar-refractivity contribution is -0.137. The van der Waals surface area contributed by atoms with E-state index in [0.717, 1.165) is 16.5 Å². The lowest BCUT2D eigenvalue weighted by atomic mass is 10.0. The van der Waals surface area contributed by atoms with Gasteiger partial charge in [0, 0.05) is 30.2 Å². The van der Waals surface area contributed by atoms with Crippen LogP contribution in [0.1, 0.15) is 32.8 Å². The van der Waals surface area contributed by atoms with Crippen LogP contribution in [0.15, 0.2) is 36.5 Å². The van der Waals surface area contributed by atoms with Gasteiger partial charge in [-0.2, -0.15) is 0 Å². The first kappa shape index (κ1) is 15.4. The van der Waals surface area contributed by atoms with Crippen molar-refractivity contribution in [3.8, 4) is 0 Å². The van der Waals surface area contributed by atoms with E-state index < -0.39 is 5.97 Å². The van der Waals surface area contributed by atoms with Crippen LogP contribution in [-0.4, -0.2) is 33.0 Å². The second kappa shape index (κ2) is 6.22. The monoisotopic (exact) mass is 286 g/mol. The molecule has 0 aliphatic carbocycles. The quantitative estimate of drug-likeness (QED) is 0.916. The Hall–Kier alpha value is -1.94. The molecule has 0 aliphatic heterocycles. The number of aromatic nitrogens is 1. The molecular formula is C17H22N2O2. The van der Waals surface area contributed by atoms with Crippen LogP contribution in [0.25, 0.3) is 10.9 Å². The Morgan fingerprint density at radius 3 is 2.62 bits per heavy atom. The third-order valence-corrected chi connectivity index (χ3v) is 3.62. The number of para-hydroxylation sites is 1. The van der Waals surface area contributed by atoms with Gasteiger partial charge < -0.3 is 5.11 Å². The van der Waals surface area contributed by atoms with E-state index in [1.165, 1.54) is 0 Å². The molecule has 0 bridgehead atoms. The van der Waals surface area contributed by atoms with Gasteiger partial charge in [-0.1, -0.05) is 24.3 Å². The summed E-state index contributed by atoms with van der Waals surface area (Å²) in [4.78, 5) is 17.5. The minimum atomic E-state index is -0.764. The number of carbonyl (C=O) groups is 1. The molecule has 112 valence electrons. The molecule has 4 heteroatoms. The van der Waals surface area contributed by atoms with Crippen molar-refractivity contribution < 1.29 is 9.90 Å². The molecule has 0 saturated heterocycles. The fraction of sp³-hybridized carbons (Fsp3) is 0.412. The number of benzene rings is 1. The normalized spacial score (nSPS) is 12.0. The molecule has 0 radical (unpaired) electrons. The first-order valence-corrected chi connectivity index (χ1v) is 7.17. The average molecular weight is 286 g/mol. The number of rotatable bonds is 5. The smallest absolute Gasteiger partial charge is 0.304 e. The van der Waals surface area contributed by atoms with Gasteiger partial charge in [-0.3, -0.25) is 14.7 Å². The van der Waals surface area contributed by atoms with Gasteiger partial charge in [0.1, 0.15) is 0 Å². The summed E-state index contributed by atoms with van der Waals surface area (Å²) in [5.41, 5.74) is 2.03. The summed E-state index contributed by atoms with van der Waals surface area (Å²) >= 11 is 0. The minimum absolute atomic E-state index is 0.0909. The lowest BCUT2D eigenvalue weighted by Crippen LogP contribution is -2.42. The third kappa shape index (κ3) is 4.02. The van der Waals surface area contributed by atoms with Gasteiger partial charge in [-0.15, -0.1) is 0 Å². The first-order valence-electron chi connectivity index (χ1n) is 7.17. The highest BCUT2D eigenvalue weighted by Crippen LogP contribution is 2.22. The molecule has 0 saturated carbocycles. The van der Waals surface area contributed by atoms with Crippen LogP contribution in [0.5, 0.6) is 0 Å². The van der Waals surface area contributed by atoms with Gasteiger partial charge in [0.05, 0.1) is 11.9 Å². The summed E-state index contributed by atoms with van der Waals surface area (Å²) < 4.78 is 0. The van der Waals surface area contributed by atoms with Gasteiger partial charge in [0.25, 0.3) is 0 Å². The van der Waals surface area contributed by atoms with E-state index in [0.29, 0.717) is 13.1 Å². The number of aliphatic carboxylic acids is 1. The maximum atomic E-state index is 10.9. The fourth-order valence-electron chi connectivity index (χ4n) is 2.38. The third-order valence-electron chi connectivity index (χ3n) is 3.62. The van der Waals surface area contributed by atoms with E-state index in [1.807, 2.05) is 24.3 Å². The molecule has 2 rings (SSSR count). The summed E-state index contributed by atoms with van der Waals surface area (Å²) in [6, 6.07) is 10.1. The molecule has 0 atom stereocenters. The Bertz CT molecular complexity index is 627. The van der Waals surface area contributed by atoms with Crippen molar-refractivity contribution in [3.63, 3.8) is 0 Å². The highest BCUT2D eigenvalue weighted by molar-refractivity contribution is 5.81. The molecular weight excluding hydrogens is 264 g/mol. The van der Waals surface area contributed by atoms with Crippen LogP contribution in [0, 0.1) is 0 Å². The predicted molar refractivity (Wildman–Crippen MR) is 84.2 cm³/mol. The van der Waals surface area contributed by atoms with E-state index in [4.69, 9.17) is 5.11 Å². The number of carboxylic acids is 1. The predicted octanol–water partition coefficient (Wildman–Crippen LogP) is 3.31. The zero-order chi connectivity index (χ0) is 15.5. The molecule has 1 heterocycles. The second-order valence-corrected chi connectivity index (χ2v) is 6.23. The van der Waals surface area contributed by atoms with Crippen LogP contribution in [0.3, 0.4) is 0 Å². The summed E-state index contributed by atoms with van der Waals surface area (Å²) in [6.07, 6.45) is 1.94. The number of fused-ring (bicyclic) bond motifs is 1. The largest absolute Gasteiger partial charge is 0.481 e. The van der Waals surface area contributed by atoms with Crippen molar-refractivity contribution in [1.82, 2.24) is 9.88 Å². The van der Waals surface area contributed by atoms with Crippen molar-refractivity contribution in [1.29, 1.82) is 0 Å². The molecule has 0 spiro atoms. The van der Waals surface area contributed by atoms with Crippen LogP contribution >= 0.6 is 0 Å². The molecule has 1 aromatic carbocycles. The summed E-state index contributed by atoms with van der Waals surface area (Å²) in [5.74, 6) is -0.764. The summed E-state index contributed by atoms with van der Waals surface area (Å²) in [5, 5.41) is 10.0. The molecule has 2 aromatic rings. The average Bonchev–Trinajstić information content (AvgIpc) is 2.42. The molecule has 1 aromatic heterocycles. The number of pyridine rings is 1. The number of hydrogen-bond acceptors (Lipinski definition) is 3. The number of carboxylic acid groups (broad SMARTS) is 1. The Balaban J connectivity index is 2.28. The van der Waals surface area contributed by atoms with Crippen molar-refractivity contribution in [2.24, 2.45) is 0 Å². The maximum absolute atomic E-state index is 10.9. The van der Waals surface area contributed by atoms with Gasteiger partial charge in [-0.25, -0.2) is 0 Å². The van der Waals surface area contributed by atoms with Gasteiger partial charge in [0.15, 0.2) is 0 Å². The summed E-state index contributed by atoms with van der Waals surface area (Å²) in [6.45, 7) is 7.54. The number of hydrogen-bond donors (Lipinski definition) is 1. The van der Waals surface area contributed by atoms with Crippen LogP contribution in [-0.2, 0) is 11.3 Å². The van der Waals surface area contributed by atoms with Crippen LogP contribution < -0.4 is 0 Å². The van der Waals surface area contributed by atoms with Crippen molar-refractivity contribution >= 4 is 16.9 Å². The molecule has 21 heavy (non-hydrogen) atoms. The highest BCUT2D eigenvalue weighted by atomic mass is 16.4. The Labute approximate surface area is 125 Å². The van der Waals surface area contributed by atoms with E-state index >= 15 is 0 Å². The first-order chi connectivity index (χ1) is 9.88. The lowest BCUT2D eigenvalue weighted by Gasteiger charge is -2.35. The maximum Gasteiger partial charge on any atom is 0.304 e. The minimum Gasteiger partial charge on any atom is -0.481 e. The molecule has 0 fully saturated rings. The molecule has 1 N–H and O–H groups in total. The molecule has 4 nitrogen and oxygen atoms in total. The fourth-order valence-corrected chi connectivity index (χ4v) is 2.38. The zero-order valence-corrected chi connectivity index (χ0v) is 12.8. The summed E-state index contributed by atoms with van der Waals surface area (Å²) in [7, 11) is 0. The van der Waals surface area contributed by atoms with E-state index in [1.54, 1.807) is 6.20 Å². The number of nitrogens with zero attached hydrogens (tertiary/aromatic N) is 2. The van der Waals surface area contributed by atoms with Crippen LogP contribution in [0.2, 0.25) is 0 Å². The second-order valence-electron chi connectivity index (χ2n) is 6.23. The van der Waals surface area contributed by atoms with E-state index in [-0.39, 0.29) is 12.0 Å². The van der Waals surface area contributed by atoms with Gasteiger partial charge >= 0.3 is 5.97 Å². The van der Waals surface area contributed by atoms with Crippen LogP contribution in [0.4, 0.5) is 0 Å². The zero-order valence-electron chi connectivity index (χ0n) is 12.8. The molecule has 0 aliphatic rings. The van der Waals surface area contributed by atoms with Gasteiger partial charge in [0.2, 0.25) is 0 Å². The topological polar surface area (TPSA) is 53.4 Å². The van der Waals surface area contributed by atoms with Crippen molar-refractivity contribution in [3.05, 3.63) is 42.1 Å². The highest BCUT2D eigenvalue weighted by Gasteiger charge is 2.22. The Morgan fingerprint density at radius 1 is 1.24 bits per heavy atom. The van der Waals surface area contributed by atoms with Crippen molar-refractivity contribution in [2.75, 3.05) is 6.54 Å². The Kier molecular flexibility index (Phi) is 4.58. The molecule has 0 unspecified atom stereocenters. The van der Waals surface area contributed by atoms with E-state index in [9.17, 15) is 4.79 Å². The van der Waals surface area contributed by atoms with Crippen molar-refractivity contribution in [2.45, 2.75) is 39.3 Å². The Morgan fingerprint density at radius 2 is 1.95 bits per heavy atom. The van der Waals surface area contributed by atoms with Gasteiger partial charge in [-0.05, 0) is 32.4 Å². The van der Waals surface area contributed by atoms with E-state index in [2.05, 4.69) is 36.7 Å². The standard InChI is InChI=1S/C17H22N2O2/c1-17(2,3)19(11-9-15(20)21)12-14-7-4-6-13-8-5-10-18-16(13)14/h4-8,10H,9,11-12H2,1-3H3,(H,20,21).